The van der Waals surface area contributed by atoms with Gasteiger partial charge in [0.05, 0.1) is 27.7 Å². The molecule has 3 aromatic heterocycles. The van der Waals surface area contributed by atoms with E-state index in [1.54, 1.807) is 16.7 Å². The van der Waals surface area contributed by atoms with Crippen LogP contribution >= 0.6 is 0 Å². The number of sulfone groups is 1. The fourth-order valence-corrected chi connectivity index (χ4v) is 6.65. The van der Waals surface area contributed by atoms with Crippen LogP contribution in [0.5, 0.6) is 0 Å². The van der Waals surface area contributed by atoms with Gasteiger partial charge in [0, 0.05) is 35.6 Å². The minimum Gasteiger partial charge on any atom is -0.431 e. The Morgan fingerprint density at radius 1 is 0.935 bits per heavy atom. The lowest BCUT2D eigenvalue weighted by molar-refractivity contribution is -0.120. The number of piperidine rings is 1. The van der Waals surface area contributed by atoms with Gasteiger partial charge in [0.15, 0.2) is 21.5 Å². The van der Waals surface area contributed by atoms with Crippen LogP contribution in [0.25, 0.3) is 39.4 Å². The highest BCUT2D eigenvalue weighted by Gasteiger charge is 2.36. The number of aromatic nitrogens is 4. The maximum atomic E-state index is 14.4. The third kappa shape index (κ3) is 5.06. The summed E-state index contributed by atoms with van der Waals surface area (Å²) >= 11 is 0. The second-order valence-electron chi connectivity index (χ2n) is 11.3. The van der Waals surface area contributed by atoms with Gasteiger partial charge >= 0.3 is 6.01 Å². The van der Waals surface area contributed by atoms with Gasteiger partial charge in [-0.3, -0.25) is 4.79 Å². The van der Waals surface area contributed by atoms with E-state index in [1.807, 2.05) is 32.0 Å². The zero-order valence-electron chi connectivity index (χ0n) is 25.0. The van der Waals surface area contributed by atoms with Crippen LogP contribution in [0.2, 0.25) is 0 Å². The molecule has 0 N–H and O–H groups in total. The average Bonchev–Trinajstić information content (AvgIpc) is 3.74. The second-order valence-corrected chi connectivity index (χ2v) is 13.3. The molecule has 0 spiro atoms. The SMILES string of the molecule is Cc1noc(C)c1-c1ccc2c(c1)nc(C1CCCC(=O)N1c1ccc(F)c(F)c1)n2-c1nc(-c2ccc(S(C)(=O)=O)cc2)co1. The number of carbonyl (C=O) groups is 1. The molecule has 1 fully saturated rings. The molecule has 0 bridgehead atoms. The molecule has 46 heavy (non-hydrogen) atoms. The first-order valence-corrected chi connectivity index (χ1v) is 16.4. The molecule has 1 saturated heterocycles. The molecule has 0 saturated carbocycles. The highest BCUT2D eigenvalue weighted by molar-refractivity contribution is 7.90. The van der Waals surface area contributed by atoms with Crippen LogP contribution in [-0.2, 0) is 14.6 Å². The Labute approximate surface area is 262 Å². The molecule has 1 unspecified atom stereocenters. The highest BCUT2D eigenvalue weighted by Crippen LogP contribution is 2.39. The molecule has 13 heteroatoms. The van der Waals surface area contributed by atoms with Crippen molar-refractivity contribution in [1.29, 1.82) is 0 Å². The zero-order valence-corrected chi connectivity index (χ0v) is 25.8. The molecule has 6 aromatic rings. The number of oxazole rings is 1. The number of halogens is 2. The van der Waals surface area contributed by atoms with Crippen molar-refractivity contribution in [2.45, 2.75) is 44.0 Å². The van der Waals surface area contributed by atoms with Crippen molar-refractivity contribution < 1.29 is 30.9 Å². The lowest BCUT2D eigenvalue weighted by Gasteiger charge is -2.35. The summed E-state index contributed by atoms with van der Waals surface area (Å²) in [6.45, 7) is 3.68. The van der Waals surface area contributed by atoms with Gasteiger partial charge in [-0.05, 0) is 68.7 Å². The van der Waals surface area contributed by atoms with E-state index in [1.165, 1.54) is 29.4 Å². The predicted molar refractivity (Wildman–Crippen MR) is 165 cm³/mol. The highest BCUT2D eigenvalue weighted by atomic mass is 32.2. The van der Waals surface area contributed by atoms with Crippen LogP contribution in [0.15, 0.2) is 80.8 Å². The average molecular weight is 644 g/mol. The maximum Gasteiger partial charge on any atom is 0.308 e. The van der Waals surface area contributed by atoms with E-state index < -0.39 is 27.5 Å². The molecule has 234 valence electrons. The molecular formula is C33H27F2N5O5S. The summed E-state index contributed by atoms with van der Waals surface area (Å²) in [5.41, 5.74) is 4.89. The van der Waals surface area contributed by atoms with Crippen molar-refractivity contribution in [2.24, 2.45) is 0 Å². The molecule has 0 radical (unpaired) electrons. The van der Waals surface area contributed by atoms with Crippen LogP contribution in [-0.4, -0.2) is 40.3 Å². The number of fused-ring (bicyclic) bond motifs is 1. The summed E-state index contributed by atoms with van der Waals surface area (Å²) in [5.74, 6) is -1.26. The van der Waals surface area contributed by atoms with E-state index in [0.29, 0.717) is 46.7 Å². The number of carbonyl (C=O) groups excluding carboxylic acids is 1. The largest absolute Gasteiger partial charge is 0.431 e. The van der Waals surface area contributed by atoms with E-state index in [2.05, 4.69) is 5.16 Å². The number of imidazole rings is 1. The number of hydrogen-bond acceptors (Lipinski definition) is 8. The smallest absolute Gasteiger partial charge is 0.308 e. The second kappa shape index (κ2) is 11.0. The molecule has 1 aliphatic rings. The standard InChI is InChI=1S/C33H27F2N5O5S/c1-18-31(19(2)45-38-18)21-9-14-28-26(15-21)36-32(29-5-4-6-30(41)39(29)22-10-13-24(34)25(35)16-22)40(28)33-37-27(17-44-33)20-7-11-23(12-8-20)46(3,42)43/h7-17,29H,4-6H2,1-3H3. The van der Waals surface area contributed by atoms with E-state index in [4.69, 9.17) is 18.9 Å². The van der Waals surface area contributed by atoms with Gasteiger partial charge in [0.1, 0.15) is 23.5 Å². The van der Waals surface area contributed by atoms with Gasteiger partial charge in [-0.15, -0.1) is 0 Å². The number of benzene rings is 3. The minimum atomic E-state index is -3.38. The topological polar surface area (TPSA) is 124 Å². The third-order valence-corrected chi connectivity index (χ3v) is 9.32. The fraction of sp³-hybridized carbons (Fsp3) is 0.212. The molecule has 10 nitrogen and oxygen atoms in total. The predicted octanol–water partition coefficient (Wildman–Crippen LogP) is 6.89. The summed E-state index contributed by atoms with van der Waals surface area (Å²) < 4.78 is 65.3. The Morgan fingerprint density at radius 2 is 1.70 bits per heavy atom. The van der Waals surface area contributed by atoms with Crippen LogP contribution in [0, 0.1) is 25.5 Å². The summed E-state index contributed by atoms with van der Waals surface area (Å²) in [6, 6.07) is 14.8. The van der Waals surface area contributed by atoms with Gasteiger partial charge in [0.2, 0.25) is 5.91 Å². The van der Waals surface area contributed by atoms with Crippen LogP contribution < -0.4 is 4.90 Å². The van der Waals surface area contributed by atoms with E-state index in [9.17, 15) is 22.0 Å². The first-order chi connectivity index (χ1) is 22.0. The zero-order chi connectivity index (χ0) is 32.3. The molecule has 7 rings (SSSR count). The van der Waals surface area contributed by atoms with Gasteiger partial charge < -0.3 is 13.8 Å². The fourth-order valence-electron chi connectivity index (χ4n) is 6.02. The molecule has 4 heterocycles. The summed E-state index contributed by atoms with van der Waals surface area (Å²) in [4.78, 5) is 24.7. The lowest BCUT2D eigenvalue weighted by atomic mass is 9.99. The van der Waals surface area contributed by atoms with Crippen molar-refractivity contribution in [1.82, 2.24) is 19.7 Å². The first kappa shape index (κ1) is 29.5. The van der Waals surface area contributed by atoms with Gasteiger partial charge in [-0.1, -0.05) is 23.4 Å². The molecular weight excluding hydrogens is 616 g/mol. The Bertz CT molecular complexity index is 2240. The summed E-state index contributed by atoms with van der Waals surface area (Å²) in [5, 5.41) is 4.07. The van der Waals surface area contributed by atoms with Gasteiger partial charge in [-0.2, -0.15) is 4.98 Å². The summed E-state index contributed by atoms with van der Waals surface area (Å²) in [7, 11) is -3.38. The Balaban J connectivity index is 1.40. The van der Waals surface area contributed by atoms with E-state index >= 15 is 0 Å². The first-order valence-electron chi connectivity index (χ1n) is 14.5. The molecule has 1 aliphatic heterocycles. The quantitative estimate of drug-likeness (QED) is 0.192. The lowest BCUT2D eigenvalue weighted by Crippen LogP contribution is -2.39. The minimum absolute atomic E-state index is 0.160. The van der Waals surface area contributed by atoms with Crippen molar-refractivity contribution in [3.8, 4) is 28.4 Å². The number of hydrogen-bond donors (Lipinski definition) is 0. The van der Waals surface area contributed by atoms with Gasteiger partial charge in [0.25, 0.3) is 0 Å². The van der Waals surface area contributed by atoms with Crippen LogP contribution in [0.4, 0.5) is 14.5 Å². The van der Waals surface area contributed by atoms with Crippen molar-refractivity contribution >= 4 is 32.5 Å². The number of anilines is 1. The normalized spacial score (nSPS) is 15.6. The van der Waals surface area contributed by atoms with Crippen molar-refractivity contribution in [2.75, 3.05) is 11.2 Å². The molecule has 3 aromatic carbocycles. The monoisotopic (exact) mass is 643 g/mol. The third-order valence-electron chi connectivity index (χ3n) is 8.19. The molecule has 1 amide bonds. The number of rotatable bonds is 6. The van der Waals surface area contributed by atoms with Crippen molar-refractivity contribution in [3.05, 3.63) is 95.8 Å². The summed E-state index contributed by atoms with van der Waals surface area (Å²) in [6.07, 6.45) is 3.88. The number of aryl methyl sites for hydroxylation is 2. The van der Waals surface area contributed by atoms with E-state index in [0.717, 1.165) is 35.2 Å². The van der Waals surface area contributed by atoms with Crippen molar-refractivity contribution in [3.63, 3.8) is 0 Å². The molecule has 1 atom stereocenters. The van der Waals surface area contributed by atoms with Crippen LogP contribution in [0.1, 0.15) is 42.6 Å². The Hall–Kier alpha value is -5.17. The Morgan fingerprint density at radius 3 is 2.39 bits per heavy atom. The Kier molecular flexibility index (Phi) is 7.07. The van der Waals surface area contributed by atoms with E-state index in [-0.39, 0.29) is 28.9 Å². The number of nitrogens with zero attached hydrogens (tertiary/aromatic N) is 5. The number of amides is 1. The van der Waals surface area contributed by atoms with Gasteiger partial charge in [-0.25, -0.2) is 26.7 Å². The maximum absolute atomic E-state index is 14.4. The molecule has 0 aliphatic carbocycles. The van der Waals surface area contributed by atoms with Crippen LogP contribution in [0.3, 0.4) is 0 Å².